The number of nitrogens with zero attached hydrogens (tertiary/aromatic N) is 2. The molecule has 0 aromatic heterocycles. The topological polar surface area (TPSA) is 146 Å². The summed E-state index contributed by atoms with van der Waals surface area (Å²) in [5.41, 5.74) is 0. The third kappa shape index (κ3) is 28.2. The van der Waals surface area contributed by atoms with E-state index in [1.807, 2.05) is 4.90 Å². The Balaban J connectivity index is 2.73. The average Bonchev–Trinajstić information content (AvgIpc) is 3.22. The number of nitrogens with one attached hydrogen (secondary N) is 2. The summed E-state index contributed by atoms with van der Waals surface area (Å²) in [6, 6.07) is -1.41. The molecular weight excluding hydrogens is 765 g/mol. The Morgan fingerprint density at radius 1 is 0.459 bits per heavy atom. The second-order valence-electron chi connectivity index (χ2n) is 12.5. The van der Waals surface area contributed by atoms with Gasteiger partial charge in [0, 0.05) is 26.2 Å². The zero-order chi connectivity index (χ0) is 44.8. The van der Waals surface area contributed by atoms with Crippen molar-refractivity contribution in [2.75, 3.05) is 39.3 Å². The van der Waals surface area contributed by atoms with Crippen molar-refractivity contribution >= 4 is 11.8 Å². The van der Waals surface area contributed by atoms with Gasteiger partial charge in [-0.25, -0.2) is 0 Å². The molecule has 10 nitrogen and oxygen atoms in total. The van der Waals surface area contributed by atoms with Gasteiger partial charge in [-0.1, -0.05) is 17.8 Å². The van der Waals surface area contributed by atoms with Gasteiger partial charge < -0.3 is 31.1 Å². The molecule has 61 heavy (non-hydrogen) atoms. The number of aliphatic hydroxyl groups excluding tert-OH is 4. The maximum absolute atomic E-state index is 13.0. The predicted octanol–water partition coefficient (Wildman–Crippen LogP) is -1.68. The number of aliphatic hydroxyl groups is 4. The lowest BCUT2D eigenvalue weighted by atomic mass is 10.0. The highest BCUT2D eigenvalue weighted by molar-refractivity contribution is 5.96. The highest BCUT2D eigenvalue weighted by Crippen LogP contribution is 2.12. The summed E-state index contributed by atoms with van der Waals surface area (Å²) in [5.74, 6) is 65.2. The average molecular weight is 807 g/mol. The first kappa shape index (κ1) is 51.1. The standard InChI is InChI=1S/C51H42N4O6/c1-5-8-11-14-17-20-23-26-33-45(57)41-54(40-44(4)56)38-31-29-36-48-50(60)53-49(51(61)52-48)37-30-32-39-55(42-46(58)34-27-24-21-18-15-12-9-6-2)43-47(59)35-28-25-22-19-16-13-10-7-3/h1-3,44-49,56-59H,29-32,36-43H2,4H3,(H,52,61)(H,53,60). The van der Waals surface area contributed by atoms with Crippen LogP contribution < -0.4 is 10.6 Å². The molecule has 1 saturated heterocycles. The molecule has 0 bridgehead atoms. The van der Waals surface area contributed by atoms with E-state index in [2.05, 4.69) is 170 Å². The van der Waals surface area contributed by atoms with Gasteiger partial charge in [-0.2, -0.15) is 0 Å². The van der Waals surface area contributed by atoms with Crippen molar-refractivity contribution in [2.45, 2.75) is 81.9 Å². The predicted molar refractivity (Wildman–Crippen MR) is 234 cm³/mol. The third-order valence-corrected chi connectivity index (χ3v) is 7.57. The number of unbranched alkanes of at least 4 members (excludes halogenated alkanes) is 2. The SMILES string of the molecule is C#CC#CC#CC#CC#CC(O)CN(CCCCC1NC(=O)C(CCCCN(CC(O)C#CC#CC#CC#CC#C)CC(O)C#CC#CC#CC#CC#C)NC1=O)CC(C)O. The summed E-state index contributed by atoms with van der Waals surface area (Å²) in [6.45, 7) is 3.17. The number of rotatable bonds is 18. The van der Waals surface area contributed by atoms with E-state index in [-0.39, 0.29) is 31.4 Å². The van der Waals surface area contributed by atoms with E-state index >= 15 is 0 Å². The van der Waals surface area contributed by atoms with Gasteiger partial charge in [0.05, 0.1) is 6.10 Å². The van der Waals surface area contributed by atoms with Crippen LogP contribution >= 0.6 is 0 Å². The Hall–Kier alpha value is -7.90. The summed E-state index contributed by atoms with van der Waals surface area (Å²) < 4.78 is 0. The summed E-state index contributed by atoms with van der Waals surface area (Å²) in [5, 5.41) is 47.0. The lowest BCUT2D eigenvalue weighted by Crippen LogP contribution is -2.61. The van der Waals surface area contributed by atoms with Crippen LogP contribution in [0.25, 0.3) is 0 Å². The van der Waals surface area contributed by atoms with Crippen LogP contribution in [0.1, 0.15) is 45.4 Å². The lowest BCUT2D eigenvalue weighted by molar-refractivity contribution is -0.137. The molecule has 0 radical (unpaired) electrons. The van der Waals surface area contributed by atoms with Gasteiger partial charge in [0.15, 0.2) is 0 Å². The van der Waals surface area contributed by atoms with E-state index in [4.69, 9.17) is 19.3 Å². The Kier molecular flexibility index (Phi) is 28.6. The van der Waals surface area contributed by atoms with Gasteiger partial charge in [-0.15, -0.1) is 19.3 Å². The van der Waals surface area contributed by atoms with Crippen molar-refractivity contribution in [3.63, 3.8) is 0 Å². The number of hydrogen-bond donors (Lipinski definition) is 6. The van der Waals surface area contributed by atoms with Crippen LogP contribution in [-0.4, -0.2) is 118 Å². The van der Waals surface area contributed by atoms with Gasteiger partial charge in [-0.05, 0) is 201 Å². The summed E-state index contributed by atoms with van der Waals surface area (Å²) in [7, 11) is 0. The number of carbonyl (C=O) groups excluding carboxylic acids is 2. The fourth-order valence-corrected chi connectivity index (χ4v) is 5.14. The van der Waals surface area contributed by atoms with Gasteiger partial charge >= 0.3 is 0 Å². The van der Waals surface area contributed by atoms with Gasteiger partial charge in [-0.3, -0.25) is 19.4 Å². The van der Waals surface area contributed by atoms with Crippen LogP contribution in [0.2, 0.25) is 0 Å². The Morgan fingerprint density at radius 2 is 0.738 bits per heavy atom. The lowest BCUT2D eigenvalue weighted by Gasteiger charge is -2.30. The number of amides is 2. The molecule has 0 aliphatic carbocycles. The molecule has 1 fully saturated rings. The Morgan fingerprint density at radius 3 is 1.03 bits per heavy atom. The molecule has 0 spiro atoms. The number of hydrogen-bond acceptors (Lipinski definition) is 8. The minimum absolute atomic E-state index is 0.0580. The molecule has 302 valence electrons. The molecule has 2 amide bonds. The van der Waals surface area contributed by atoms with Crippen molar-refractivity contribution in [1.82, 2.24) is 20.4 Å². The molecule has 1 aliphatic heterocycles. The van der Waals surface area contributed by atoms with E-state index in [9.17, 15) is 30.0 Å². The van der Waals surface area contributed by atoms with Crippen molar-refractivity contribution in [1.29, 1.82) is 0 Å². The largest absolute Gasteiger partial charge is 0.392 e. The first-order valence-corrected chi connectivity index (χ1v) is 18.8. The quantitative estimate of drug-likeness (QED) is 0.0713. The van der Waals surface area contributed by atoms with Crippen molar-refractivity contribution in [3.8, 4) is 179 Å². The highest BCUT2D eigenvalue weighted by Gasteiger charge is 2.32. The van der Waals surface area contributed by atoms with Crippen LogP contribution in [0.5, 0.6) is 0 Å². The van der Waals surface area contributed by atoms with Crippen LogP contribution in [0.3, 0.4) is 0 Å². The molecule has 0 aromatic carbocycles. The van der Waals surface area contributed by atoms with Crippen LogP contribution in [0.4, 0.5) is 0 Å². The second kappa shape index (κ2) is 34.2. The maximum Gasteiger partial charge on any atom is 0.243 e. The first-order valence-electron chi connectivity index (χ1n) is 18.8. The molecule has 10 heteroatoms. The van der Waals surface area contributed by atoms with E-state index in [0.717, 1.165) is 0 Å². The third-order valence-electron chi connectivity index (χ3n) is 7.57. The minimum atomic E-state index is -1.12. The van der Waals surface area contributed by atoms with Crippen LogP contribution in [0, 0.1) is 179 Å². The molecule has 1 aliphatic rings. The molecule has 6 atom stereocenters. The minimum Gasteiger partial charge on any atom is -0.392 e. The van der Waals surface area contributed by atoms with Crippen LogP contribution in [0.15, 0.2) is 0 Å². The van der Waals surface area contributed by atoms with Crippen molar-refractivity contribution in [3.05, 3.63) is 0 Å². The molecule has 0 aromatic rings. The zero-order valence-electron chi connectivity index (χ0n) is 33.7. The molecular formula is C51H42N4O6. The van der Waals surface area contributed by atoms with Crippen molar-refractivity contribution in [2.24, 2.45) is 0 Å². The zero-order valence-corrected chi connectivity index (χ0v) is 33.7. The van der Waals surface area contributed by atoms with E-state index in [1.165, 1.54) is 0 Å². The Labute approximate surface area is 361 Å². The Bertz CT molecular complexity index is 2370. The molecule has 0 saturated carbocycles. The van der Waals surface area contributed by atoms with Gasteiger partial charge in [0.1, 0.15) is 30.4 Å². The van der Waals surface area contributed by atoms with Crippen LogP contribution in [-0.2, 0) is 9.59 Å². The van der Waals surface area contributed by atoms with Crippen molar-refractivity contribution < 1.29 is 30.0 Å². The second-order valence-corrected chi connectivity index (χ2v) is 12.5. The maximum atomic E-state index is 13.0. The summed E-state index contributed by atoms with van der Waals surface area (Å²) >= 11 is 0. The van der Waals surface area contributed by atoms with E-state index < -0.39 is 36.5 Å². The molecule has 1 rings (SSSR count). The van der Waals surface area contributed by atoms with Gasteiger partial charge in [0.25, 0.3) is 0 Å². The molecule has 6 N–H and O–H groups in total. The molecule has 6 unspecified atom stereocenters. The van der Waals surface area contributed by atoms with E-state index in [0.29, 0.717) is 58.2 Å². The van der Waals surface area contributed by atoms with Gasteiger partial charge in [0.2, 0.25) is 11.8 Å². The molecule has 1 heterocycles. The summed E-state index contributed by atoms with van der Waals surface area (Å²) in [6.07, 6.45) is 14.3. The summed E-state index contributed by atoms with van der Waals surface area (Å²) in [4.78, 5) is 29.5. The smallest absolute Gasteiger partial charge is 0.243 e. The van der Waals surface area contributed by atoms with E-state index in [1.54, 1.807) is 11.8 Å². The number of terminal acetylenes is 3. The fraction of sp³-hybridized carbons (Fsp3) is 0.373. The number of piperazine rings is 1. The monoisotopic (exact) mass is 806 g/mol. The highest BCUT2D eigenvalue weighted by atomic mass is 16.3. The number of carbonyl (C=O) groups is 2. The first-order chi connectivity index (χ1) is 29.6. The fourth-order valence-electron chi connectivity index (χ4n) is 5.14. The normalized spacial score (nSPS) is 14.2.